The average Bonchev–Trinajstić information content (AvgIpc) is 3.12. The lowest BCUT2D eigenvalue weighted by Crippen LogP contribution is -2.10. The summed E-state index contributed by atoms with van der Waals surface area (Å²) in [6.45, 7) is 3.80. The van der Waals surface area contributed by atoms with Crippen molar-refractivity contribution in [2.75, 3.05) is 6.61 Å². The van der Waals surface area contributed by atoms with Crippen LogP contribution in [0, 0.1) is 6.92 Å². The van der Waals surface area contributed by atoms with E-state index < -0.39 is 5.97 Å². The summed E-state index contributed by atoms with van der Waals surface area (Å²) in [6, 6.07) is 16.8. The van der Waals surface area contributed by atoms with Crippen molar-refractivity contribution in [2.45, 2.75) is 13.8 Å². The molecule has 0 saturated carbocycles. The highest BCUT2D eigenvalue weighted by Crippen LogP contribution is 2.35. The van der Waals surface area contributed by atoms with Crippen molar-refractivity contribution in [3.8, 4) is 22.6 Å². The van der Waals surface area contributed by atoms with Gasteiger partial charge in [0.15, 0.2) is 0 Å². The number of hydrogen-bond donors (Lipinski definition) is 0. The van der Waals surface area contributed by atoms with Crippen LogP contribution in [0.3, 0.4) is 0 Å². The van der Waals surface area contributed by atoms with Crippen molar-refractivity contribution in [3.05, 3.63) is 70.9 Å². The molecule has 5 nitrogen and oxygen atoms in total. The van der Waals surface area contributed by atoms with Crippen LogP contribution in [0.2, 0.25) is 5.02 Å². The lowest BCUT2D eigenvalue weighted by atomic mass is 9.98. The van der Waals surface area contributed by atoms with E-state index in [-0.39, 0.29) is 6.61 Å². The van der Waals surface area contributed by atoms with Gasteiger partial charge in [-0.2, -0.15) is 0 Å². The first-order valence-corrected chi connectivity index (χ1v) is 9.26. The highest BCUT2D eigenvalue weighted by Gasteiger charge is 2.25. The van der Waals surface area contributed by atoms with Crippen molar-refractivity contribution in [1.82, 2.24) is 9.97 Å². The van der Waals surface area contributed by atoms with E-state index in [9.17, 15) is 4.79 Å². The second kappa shape index (κ2) is 7.44. The first kappa shape index (κ1) is 18.2. The molecule has 0 radical (unpaired) electrons. The number of ether oxygens (including phenoxy) is 1. The van der Waals surface area contributed by atoms with Gasteiger partial charge in [0, 0.05) is 16.1 Å². The number of halogens is 1. The van der Waals surface area contributed by atoms with Crippen LogP contribution in [0.25, 0.3) is 33.8 Å². The van der Waals surface area contributed by atoms with Crippen LogP contribution in [0.15, 0.2) is 59.0 Å². The Morgan fingerprint density at radius 2 is 1.75 bits per heavy atom. The summed E-state index contributed by atoms with van der Waals surface area (Å²) in [5.41, 5.74) is 4.03. The van der Waals surface area contributed by atoms with Crippen LogP contribution < -0.4 is 0 Å². The summed E-state index contributed by atoms with van der Waals surface area (Å²) < 4.78 is 11.2. The molecule has 2 aromatic heterocycles. The third-order valence-electron chi connectivity index (χ3n) is 4.36. The summed E-state index contributed by atoms with van der Waals surface area (Å²) in [5.74, 6) is 0.00216. The van der Waals surface area contributed by atoms with E-state index in [1.807, 2.05) is 42.5 Å². The maximum absolute atomic E-state index is 12.7. The number of nitrogens with zero attached hydrogens (tertiary/aromatic N) is 2. The summed E-state index contributed by atoms with van der Waals surface area (Å²) in [6.07, 6.45) is 0. The van der Waals surface area contributed by atoms with Crippen molar-refractivity contribution < 1.29 is 13.9 Å². The Balaban J connectivity index is 2.02. The zero-order chi connectivity index (χ0) is 19.7. The first-order chi connectivity index (χ1) is 13.6. The van der Waals surface area contributed by atoms with Crippen LogP contribution >= 0.6 is 11.6 Å². The van der Waals surface area contributed by atoms with Crippen molar-refractivity contribution in [2.24, 2.45) is 0 Å². The predicted molar refractivity (Wildman–Crippen MR) is 108 cm³/mol. The molecule has 0 amide bonds. The Labute approximate surface area is 166 Å². The van der Waals surface area contributed by atoms with Crippen LogP contribution in [0.4, 0.5) is 0 Å². The minimum atomic E-state index is -0.441. The lowest BCUT2D eigenvalue weighted by molar-refractivity contribution is 0.0526. The predicted octanol–water partition coefficient (Wildman–Crippen LogP) is 5.70. The maximum Gasteiger partial charge on any atom is 0.340 e. The van der Waals surface area contributed by atoms with Gasteiger partial charge in [0.2, 0.25) is 11.6 Å². The van der Waals surface area contributed by atoms with Gasteiger partial charge in [0.25, 0.3) is 0 Å². The van der Waals surface area contributed by atoms with Crippen LogP contribution in [0.5, 0.6) is 0 Å². The first-order valence-electron chi connectivity index (χ1n) is 8.88. The molecule has 0 atom stereocenters. The average molecular weight is 393 g/mol. The maximum atomic E-state index is 12.7. The molecule has 0 bridgehead atoms. The number of hydrogen-bond acceptors (Lipinski definition) is 5. The van der Waals surface area contributed by atoms with E-state index >= 15 is 0 Å². The fraction of sp³-hybridized carbons (Fsp3) is 0.136. The molecule has 0 unspecified atom stereocenters. The van der Waals surface area contributed by atoms with E-state index in [4.69, 9.17) is 20.8 Å². The minimum Gasteiger partial charge on any atom is -0.462 e. The van der Waals surface area contributed by atoms with Gasteiger partial charge in [-0.15, -0.1) is 0 Å². The second-order valence-electron chi connectivity index (χ2n) is 6.21. The molecular weight excluding hydrogens is 376 g/mol. The molecule has 4 aromatic rings. The molecule has 140 valence electrons. The Bertz CT molecular complexity index is 1150. The van der Waals surface area contributed by atoms with Crippen molar-refractivity contribution in [1.29, 1.82) is 0 Å². The number of esters is 1. The monoisotopic (exact) mass is 392 g/mol. The number of pyridine rings is 1. The smallest absolute Gasteiger partial charge is 0.340 e. The number of rotatable bonds is 4. The zero-order valence-electron chi connectivity index (χ0n) is 15.4. The Morgan fingerprint density at radius 3 is 2.43 bits per heavy atom. The van der Waals surface area contributed by atoms with E-state index in [1.54, 1.807) is 26.0 Å². The lowest BCUT2D eigenvalue weighted by Gasteiger charge is -2.11. The number of oxazole rings is 1. The molecule has 0 N–H and O–H groups in total. The molecule has 0 aliphatic rings. The van der Waals surface area contributed by atoms with Gasteiger partial charge in [0.1, 0.15) is 5.52 Å². The van der Waals surface area contributed by atoms with Gasteiger partial charge in [0.05, 0.1) is 17.9 Å². The molecule has 28 heavy (non-hydrogen) atoms. The standard InChI is InChI=1S/C22H17ClN2O3/c1-3-27-22(26)17-13(2)24-21-19(18(17)14-9-11-16(23)12-10-14)25-20(28-21)15-7-5-4-6-8-15/h4-12H,3H2,1-2H3. The summed E-state index contributed by atoms with van der Waals surface area (Å²) >= 11 is 6.05. The molecule has 6 heteroatoms. The van der Waals surface area contributed by atoms with Gasteiger partial charge in [-0.05, 0) is 43.7 Å². The molecule has 0 spiro atoms. The van der Waals surface area contributed by atoms with Gasteiger partial charge in [-0.3, -0.25) is 0 Å². The summed E-state index contributed by atoms with van der Waals surface area (Å²) in [7, 11) is 0. The van der Waals surface area contributed by atoms with E-state index in [0.29, 0.717) is 39.0 Å². The molecule has 0 aliphatic carbocycles. The van der Waals surface area contributed by atoms with E-state index in [1.165, 1.54) is 0 Å². The largest absolute Gasteiger partial charge is 0.462 e. The third kappa shape index (κ3) is 3.25. The summed E-state index contributed by atoms with van der Waals surface area (Å²) in [4.78, 5) is 21.8. The van der Waals surface area contributed by atoms with Gasteiger partial charge < -0.3 is 9.15 Å². The Kier molecular flexibility index (Phi) is 4.84. The summed E-state index contributed by atoms with van der Waals surface area (Å²) in [5, 5.41) is 0.605. The molecular formula is C22H17ClN2O3. The number of carbonyl (C=O) groups excluding carboxylic acids is 1. The minimum absolute atomic E-state index is 0.268. The molecule has 2 heterocycles. The fourth-order valence-electron chi connectivity index (χ4n) is 3.11. The topological polar surface area (TPSA) is 65.2 Å². The van der Waals surface area contributed by atoms with Gasteiger partial charge >= 0.3 is 5.97 Å². The molecule has 2 aromatic carbocycles. The molecule has 0 aliphatic heterocycles. The normalized spacial score (nSPS) is 11.0. The fourth-order valence-corrected chi connectivity index (χ4v) is 3.24. The van der Waals surface area contributed by atoms with Crippen LogP contribution in [-0.2, 0) is 4.74 Å². The van der Waals surface area contributed by atoms with E-state index in [2.05, 4.69) is 9.97 Å². The number of benzene rings is 2. The number of fused-ring (bicyclic) bond motifs is 1. The van der Waals surface area contributed by atoms with Crippen molar-refractivity contribution >= 4 is 28.8 Å². The molecule has 4 rings (SSSR count). The van der Waals surface area contributed by atoms with Gasteiger partial charge in [-0.25, -0.2) is 14.8 Å². The van der Waals surface area contributed by atoms with E-state index in [0.717, 1.165) is 11.1 Å². The van der Waals surface area contributed by atoms with Crippen LogP contribution in [-0.4, -0.2) is 22.5 Å². The highest BCUT2D eigenvalue weighted by atomic mass is 35.5. The Hall–Kier alpha value is -3.18. The number of carbonyl (C=O) groups is 1. The molecule has 0 saturated heterocycles. The van der Waals surface area contributed by atoms with Gasteiger partial charge in [-0.1, -0.05) is 41.9 Å². The highest BCUT2D eigenvalue weighted by molar-refractivity contribution is 6.30. The number of aryl methyl sites for hydroxylation is 1. The second-order valence-corrected chi connectivity index (χ2v) is 6.65. The molecule has 0 fully saturated rings. The van der Waals surface area contributed by atoms with Crippen LogP contribution in [0.1, 0.15) is 23.0 Å². The zero-order valence-corrected chi connectivity index (χ0v) is 16.2. The third-order valence-corrected chi connectivity index (χ3v) is 4.61. The SMILES string of the molecule is CCOC(=O)c1c(C)nc2oc(-c3ccccc3)nc2c1-c1ccc(Cl)cc1. The van der Waals surface area contributed by atoms with Crippen molar-refractivity contribution in [3.63, 3.8) is 0 Å². The number of aromatic nitrogens is 2. The quantitative estimate of drug-likeness (QED) is 0.417. The Morgan fingerprint density at radius 1 is 1.04 bits per heavy atom.